The van der Waals surface area contributed by atoms with E-state index in [0.717, 1.165) is 0 Å². The standard InChI is InChI=1S/C52H31NS/c1-2-14-34(15-3-1)53-46-25-13-12-18-37(46)45-30-32(27-29-47(45)53)49-39-20-7-9-22-41(39)50(42-23-10-8-21-40(42)49)33-26-28-44-48(31-33)54-52-43-24-11-5-17-36(43)35-16-4-6-19-38(35)51(44)52/h1-31H. The summed E-state index contributed by atoms with van der Waals surface area (Å²) < 4.78 is 5.08. The summed E-state index contributed by atoms with van der Waals surface area (Å²) in [7, 11) is 0. The minimum Gasteiger partial charge on any atom is -0.309 e. The fraction of sp³-hybridized carbons (Fsp3) is 0. The Labute approximate surface area is 315 Å². The lowest BCUT2D eigenvalue weighted by Crippen LogP contribution is -1.93. The van der Waals surface area contributed by atoms with E-state index < -0.39 is 0 Å². The quantitative estimate of drug-likeness (QED) is 0.128. The van der Waals surface area contributed by atoms with Crippen molar-refractivity contribution in [1.29, 1.82) is 0 Å². The average Bonchev–Trinajstić information content (AvgIpc) is 3.79. The van der Waals surface area contributed by atoms with Crippen LogP contribution in [0.5, 0.6) is 0 Å². The van der Waals surface area contributed by atoms with Crippen LogP contribution in [0, 0.1) is 0 Å². The molecule has 12 rings (SSSR count). The maximum absolute atomic E-state index is 2.45. The zero-order valence-corrected chi connectivity index (χ0v) is 30.1. The van der Waals surface area contributed by atoms with E-state index in [9.17, 15) is 0 Å². The lowest BCUT2D eigenvalue weighted by Gasteiger charge is -2.18. The minimum absolute atomic E-state index is 1.17. The fourth-order valence-electron chi connectivity index (χ4n) is 9.30. The molecular formula is C52H31NS. The van der Waals surface area contributed by atoms with Crippen molar-refractivity contribution >= 4 is 96.4 Å². The Kier molecular flexibility index (Phi) is 6.28. The lowest BCUT2D eigenvalue weighted by molar-refractivity contribution is 1.18. The van der Waals surface area contributed by atoms with Crippen molar-refractivity contribution in [3.63, 3.8) is 0 Å². The average molecular weight is 702 g/mol. The molecule has 0 N–H and O–H groups in total. The van der Waals surface area contributed by atoms with Crippen molar-refractivity contribution in [2.75, 3.05) is 0 Å². The van der Waals surface area contributed by atoms with Crippen LogP contribution in [0.15, 0.2) is 188 Å². The van der Waals surface area contributed by atoms with Crippen LogP contribution >= 0.6 is 11.3 Å². The van der Waals surface area contributed by atoms with Crippen LogP contribution in [0.1, 0.15) is 0 Å². The number of thiophene rings is 1. The van der Waals surface area contributed by atoms with Gasteiger partial charge in [0.1, 0.15) is 0 Å². The van der Waals surface area contributed by atoms with E-state index >= 15 is 0 Å². The molecule has 0 bridgehead atoms. The van der Waals surface area contributed by atoms with Gasteiger partial charge in [-0.15, -0.1) is 11.3 Å². The first-order valence-corrected chi connectivity index (χ1v) is 19.4. The van der Waals surface area contributed by atoms with Crippen LogP contribution in [0.25, 0.3) is 113 Å². The van der Waals surface area contributed by atoms with Gasteiger partial charge in [0.2, 0.25) is 0 Å². The van der Waals surface area contributed by atoms with E-state index in [2.05, 4.69) is 193 Å². The molecule has 250 valence electrons. The predicted molar refractivity (Wildman–Crippen MR) is 235 cm³/mol. The highest BCUT2D eigenvalue weighted by Gasteiger charge is 2.20. The molecule has 2 heterocycles. The van der Waals surface area contributed by atoms with Crippen molar-refractivity contribution in [3.05, 3.63) is 188 Å². The van der Waals surface area contributed by atoms with Crippen molar-refractivity contribution in [3.8, 4) is 27.9 Å². The van der Waals surface area contributed by atoms with Gasteiger partial charge in [-0.2, -0.15) is 0 Å². The molecule has 2 heteroatoms. The topological polar surface area (TPSA) is 4.93 Å². The molecule has 0 aliphatic carbocycles. The van der Waals surface area contributed by atoms with E-state index in [-0.39, 0.29) is 0 Å². The molecule has 1 nitrogen and oxygen atoms in total. The van der Waals surface area contributed by atoms with Crippen LogP contribution < -0.4 is 0 Å². The molecule has 12 aromatic rings. The third-order valence-electron chi connectivity index (χ3n) is 11.5. The first-order valence-electron chi connectivity index (χ1n) is 18.6. The number of fused-ring (bicyclic) bond motifs is 13. The number of aromatic nitrogens is 1. The molecule has 54 heavy (non-hydrogen) atoms. The van der Waals surface area contributed by atoms with E-state index in [1.807, 2.05) is 11.3 Å². The molecule has 0 radical (unpaired) electrons. The van der Waals surface area contributed by atoms with Crippen LogP contribution in [0.4, 0.5) is 0 Å². The summed E-state index contributed by atoms with van der Waals surface area (Å²) in [6, 6.07) is 69.6. The van der Waals surface area contributed by atoms with E-state index in [4.69, 9.17) is 0 Å². The Hall–Kier alpha value is -6.74. The molecule has 0 amide bonds. The second-order valence-corrected chi connectivity index (χ2v) is 15.4. The summed E-state index contributed by atoms with van der Waals surface area (Å²) in [5, 5.41) is 15.6. The number of hydrogen-bond donors (Lipinski definition) is 0. The second-order valence-electron chi connectivity index (χ2n) is 14.4. The Bertz CT molecular complexity index is 3440. The number of hydrogen-bond acceptors (Lipinski definition) is 1. The van der Waals surface area contributed by atoms with Gasteiger partial charge in [-0.05, 0) is 96.4 Å². The summed E-state index contributed by atoms with van der Waals surface area (Å²) in [6.07, 6.45) is 0. The molecule has 0 aliphatic heterocycles. The SMILES string of the molecule is c1ccc(-n2c3ccccc3c3cc(-c4c5ccccc5c(-c5ccc6c(c5)sc5c7ccccc7c7ccccc7c65)c5ccccc45)ccc32)cc1. The molecule has 0 aliphatic rings. The maximum atomic E-state index is 2.45. The maximum Gasteiger partial charge on any atom is 0.0541 e. The Morgan fingerprint density at radius 3 is 1.46 bits per heavy atom. The van der Waals surface area contributed by atoms with Gasteiger partial charge in [-0.1, -0.05) is 152 Å². The van der Waals surface area contributed by atoms with E-state index in [1.165, 1.54) is 113 Å². The molecule has 0 atom stereocenters. The number of rotatable bonds is 3. The monoisotopic (exact) mass is 701 g/mol. The minimum atomic E-state index is 1.17. The molecule has 0 spiro atoms. The van der Waals surface area contributed by atoms with Crippen molar-refractivity contribution in [2.45, 2.75) is 0 Å². The Morgan fingerprint density at radius 1 is 0.315 bits per heavy atom. The molecular weight excluding hydrogens is 671 g/mol. The van der Waals surface area contributed by atoms with Gasteiger partial charge in [-0.3, -0.25) is 0 Å². The highest BCUT2D eigenvalue weighted by Crippen LogP contribution is 2.48. The van der Waals surface area contributed by atoms with Crippen LogP contribution in [0.2, 0.25) is 0 Å². The fourth-order valence-corrected chi connectivity index (χ4v) is 10.6. The van der Waals surface area contributed by atoms with Gasteiger partial charge in [-0.25, -0.2) is 0 Å². The van der Waals surface area contributed by atoms with Gasteiger partial charge < -0.3 is 4.57 Å². The van der Waals surface area contributed by atoms with E-state index in [1.54, 1.807) is 0 Å². The number of para-hydroxylation sites is 2. The molecule has 0 saturated carbocycles. The largest absolute Gasteiger partial charge is 0.309 e. The smallest absolute Gasteiger partial charge is 0.0541 e. The highest BCUT2D eigenvalue weighted by atomic mass is 32.1. The molecule has 10 aromatic carbocycles. The Morgan fingerprint density at radius 2 is 0.796 bits per heavy atom. The van der Waals surface area contributed by atoms with E-state index in [0.29, 0.717) is 0 Å². The number of benzene rings is 10. The summed E-state index contributed by atoms with van der Waals surface area (Å²) >= 11 is 1.93. The van der Waals surface area contributed by atoms with Gasteiger partial charge in [0.25, 0.3) is 0 Å². The molecule has 2 aromatic heterocycles. The van der Waals surface area contributed by atoms with Crippen LogP contribution in [0.3, 0.4) is 0 Å². The molecule has 0 saturated heterocycles. The second kappa shape index (κ2) is 11.4. The first-order chi connectivity index (χ1) is 26.8. The third-order valence-corrected chi connectivity index (χ3v) is 12.7. The Balaban J connectivity index is 1.12. The van der Waals surface area contributed by atoms with Crippen molar-refractivity contribution in [1.82, 2.24) is 4.57 Å². The molecule has 0 unspecified atom stereocenters. The zero-order chi connectivity index (χ0) is 35.3. The summed E-state index contributed by atoms with van der Waals surface area (Å²) in [6.45, 7) is 0. The summed E-state index contributed by atoms with van der Waals surface area (Å²) in [4.78, 5) is 0. The summed E-state index contributed by atoms with van der Waals surface area (Å²) in [5.74, 6) is 0. The van der Waals surface area contributed by atoms with Crippen LogP contribution in [-0.2, 0) is 0 Å². The predicted octanol–water partition coefficient (Wildman–Crippen LogP) is 15.1. The lowest BCUT2D eigenvalue weighted by atomic mass is 9.85. The van der Waals surface area contributed by atoms with Crippen LogP contribution in [-0.4, -0.2) is 4.57 Å². The third kappa shape index (κ3) is 4.14. The summed E-state index contributed by atoms with van der Waals surface area (Å²) in [5.41, 5.74) is 8.67. The van der Waals surface area contributed by atoms with Crippen molar-refractivity contribution in [2.24, 2.45) is 0 Å². The zero-order valence-electron chi connectivity index (χ0n) is 29.3. The number of nitrogens with zero attached hydrogens (tertiary/aromatic N) is 1. The van der Waals surface area contributed by atoms with Gasteiger partial charge in [0.15, 0.2) is 0 Å². The molecule has 0 fully saturated rings. The van der Waals surface area contributed by atoms with Gasteiger partial charge >= 0.3 is 0 Å². The highest BCUT2D eigenvalue weighted by molar-refractivity contribution is 7.27. The normalized spacial score (nSPS) is 12.1. The first kappa shape index (κ1) is 29.8. The van der Waals surface area contributed by atoms with Crippen molar-refractivity contribution < 1.29 is 0 Å². The van der Waals surface area contributed by atoms with Gasteiger partial charge in [0, 0.05) is 42.0 Å². The van der Waals surface area contributed by atoms with Gasteiger partial charge in [0.05, 0.1) is 11.0 Å².